The fourth-order valence-electron chi connectivity index (χ4n) is 2.64. The first-order valence-electron chi connectivity index (χ1n) is 7.72. The Bertz CT molecular complexity index is 433. The average molecular weight is 301 g/mol. The zero-order chi connectivity index (χ0) is 15.4. The van der Waals surface area contributed by atoms with Crippen LogP contribution in [0.5, 0.6) is 0 Å². The second-order valence-corrected chi connectivity index (χ2v) is 9.85. The highest BCUT2D eigenvalue weighted by molar-refractivity contribution is 7.92. The van der Waals surface area contributed by atoms with Crippen LogP contribution in [-0.2, 0) is 9.84 Å². The summed E-state index contributed by atoms with van der Waals surface area (Å²) < 4.78 is 23.3. The van der Waals surface area contributed by atoms with Gasteiger partial charge in [-0.2, -0.15) is 0 Å². The summed E-state index contributed by atoms with van der Waals surface area (Å²) in [5.74, 6) is 1.01. The van der Waals surface area contributed by atoms with E-state index in [4.69, 9.17) is 0 Å². The molecule has 1 saturated heterocycles. The molecule has 3 nitrogen and oxygen atoms in total. The quantitative estimate of drug-likeness (QED) is 0.707. The smallest absolute Gasteiger partial charge is 0.157 e. The maximum absolute atomic E-state index is 12.0. The molecule has 0 spiro atoms. The monoisotopic (exact) mass is 301 g/mol. The number of allylic oxidation sites excluding steroid dienone is 2. The van der Waals surface area contributed by atoms with Crippen molar-refractivity contribution >= 4 is 9.84 Å². The minimum atomic E-state index is -2.91. The van der Waals surface area contributed by atoms with Gasteiger partial charge in [0.25, 0.3) is 0 Å². The summed E-state index contributed by atoms with van der Waals surface area (Å²) in [6.45, 7) is 12.7. The number of hydrogen-bond donors (Lipinski definition) is 0. The first-order chi connectivity index (χ1) is 9.14. The summed E-state index contributed by atoms with van der Waals surface area (Å²) >= 11 is 0. The van der Waals surface area contributed by atoms with Crippen LogP contribution in [0.2, 0.25) is 0 Å². The van der Waals surface area contributed by atoms with E-state index in [2.05, 4.69) is 31.7 Å². The van der Waals surface area contributed by atoms with Crippen LogP contribution in [0.15, 0.2) is 11.6 Å². The number of nitrogens with zero attached hydrogens (tertiary/aromatic N) is 1. The number of hydrogen-bond acceptors (Lipinski definition) is 3. The molecule has 0 N–H and O–H groups in total. The van der Waals surface area contributed by atoms with Crippen molar-refractivity contribution < 1.29 is 8.42 Å². The van der Waals surface area contributed by atoms with Gasteiger partial charge in [0, 0.05) is 13.1 Å². The van der Waals surface area contributed by atoms with E-state index in [1.54, 1.807) is 0 Å². The third-order valence-corrected chi connectivity index (χ3v) is 6.81. The molecule has 1 heterocycles. The molecule has 0 saturated carbocycles. The van der Waals surface area contributed by atoms with Crippen LogP contribution < -0.4 is 0 Å². The summed E-state index contributed by atoms with van der Waals surface area (Å²) in [4.78, 5) is 2.32. The van der Waals surface area contributed by atoms with Gasteiger partial charge in [-0.25, -0.2) is 8.42 Å². The lowest BCUT2D eigenvalue weighted by atomic mass is 10.0. The van der Waals surface area contributed by atoms with Crippen LogP contribution >= 0.6 is 0 Å². The van der Waals surface area contributed by atoms with E-state index in [-0.39, 0.29) is 0 Å². The lowest BCUT2D eigenvalue weighted by molar-refractivity contribution is 0.232. The van der Waals surface area contributed by atoms with E-state index in [0.29, 0.717) is 24.8 Å². The highest BCUT2D eigenvalue weighted by atomic mass is 32.2. The Hall–Kier alpha value is -0.350. The van der Waals surface area contributed by atoms with Crippen LogP contribution in [0.1, 0.15) is 53.9 Å². The first-order valence-corrected chi connectivity index (χ1v) is 9.37. The third-order valence-electron chi connectivity index (χ3n) is 4.27. The van der Waals surface area contributed by atoms with Gasteiger partial charge < -0.3 is 4.90 Å². The lowest BCUT2D eigenvalue weighted by Crippen LogP contribution is -2.53. The fourth-order valence-corrected chi connectivity index (χ4v) is 4.07. The Balaban J connectivity index is 2.35. The maximum atomic E-state index is 12.0. The van der Waals surface area contributed by atoms with Crippen LogP contribution in [0.3, 0.4) is 0 Å². The maximum Gasteiger partial charge on any atom is 0.157 e. The topological polar surface area (TPSA) is 37.4 Å². The molecule has 20 heavy (non-hydrogen) atoms. The van der Waals surface area contributed by atoms with E-state index in [9.17, 15) is 8.42 Å². The standard InChI is InChI=1S/C16H31NO2S/c1-14(2)7-6-8-15(3)9-10-17-11-12-20(18,19)16(4,5)13-17/h7,15H,6,8-13H2,1-5H3/t15-/m0/s1. The molecule has 118 valence electrons. The van der Waals surface area contributed by atoms with Crippen molar-refractivity contribution in [1.82, 2.24) is 4.90 Å². The average Bonchev–Trinajstić information content (AvgIpc) is 2.30. The second-order valence-electron chi connectivity index (χ2n) is 7.11. The van der Waals surface area contributed by atoms with Crippen molar-refractivity contribution in [1.29, 1.82) is 0 Å². The predicted octanol–water partition coefficient (Wildman–Crippen LogP) is 3.27. The molecular formula is C16H31NO2S. The van der Waals surface area contributed by atoms with Crippen LogP contribution in [0.4, 0.5) is 0 Å². The Morgan fingerprint density at radius 1 is 1.30 bits per heavy atom. The van der Waals surface area contributed by atoms with E-state index < -0.39 is 14.6 Å². The summed E-state index contributed by atoms with van der Waals surface area (Å²) in [5.41, 5.74) is 1.39. The Kier molecular flexibility index (Phi) is 6.26. The zero-order valence-electron chi connectivity index (χ0n) is 13.8. The molecule has 0 aromatic rings. The van der Waals surface area contributed by atoms with Crippen molar-refractivity contribution in [3.8, 4) is 0 Å². The largest absolute Gasteiger partial charge is 0.301 e. The first kappa shape index (κ1) is 17.7. The normalized spacial score (nSPS) is 23.2. The third kappa shape index (κ3) is 5.21. The number of rotatable bonds is 6. The Morgan fingerprint density at radius 3 is 2.50 bits per heavy atom. The summed E-state index contributed by atoms with van der Waals surface area (Å²) in [6, 6.07) is 0. The minimum absolute atomic E-state index is 0.312. The van der Waals surface area contributed by atoms with E-state index in [1.165, 1.54) is 12.0 Å². The van der Waals surface area contributed by atoms with Gasteiger partial charge in [-0.15, -0.1) is 0 Å². The molecule has 1 atom stereocenters. The molecule has 0 radical (unpaired) electrons. The molecule has 1 aliphatic rings. The van der Waals surface area contributed by atoms with Gasteiger partial charge in [0.1, 0.15) is 0 Å². The molecule has 0 amide bonds. The van der Waals surface area contributed by atoms with Crippen LogP contribution in [-0.4, -0.2) is 43.5 Å². The Labute approximate surface area is 125 Å². The van der Waals surface area contributed by atoms with Gasteiger partial charge in [-0.1, -0.05) is 18.6 Å². The van der Waals surface area contributed by atoms with Crippen LogP contribution in [0.25, 0.3) is 0 Å². The SMILES string of the molecule is CC(C)=CCC[C@H](C)CCN1CCS(=O)(=O)C(C)(C)C1. The van der Waals surface area contributed by atoms with Gasteiger partial charge in [-0.05, 0) is 59.4 Å². The van der Waals surface area contributed by atoms with E-state index >= 15 is 0 Å². The molecule has 4 heteroatoms. The van der Waals surface area contributed by atoms with Crippen molar-refractivity contribution in [2.24, 2.45) is 5.92 Å². The highest BCUT2D eigenvalue weighted by Crippen LogP contribution is 2.24. The molecule has 0 unspecified atom stereocenters. The molecule has 0 bridgehead atoms. The summed E-state index contributed by atoms with van der Waals surface area (Å²) in [5, 5.41) is 0. The number of sulfone groups is 1. The molecule has 1 rings (SSSR count). The molecule has 0 aliphatic carbocycles. The summed E-state index contributed by atoms with van der Waals surface area (Å²) in [6.07, 6.45) is 5.84. The molecule has 0 aromatic heterocycles. The van der Waals surface area contributed by atoms with Gasteiger partial charge >= 0.3 is 0 Å². The molecular weight excluding hydrogens is 270 g/mol. The van der Waals surface area contributed by atoms with Gasteiger partial charge in [0.15, 0.2) is 9.84 Å². The van der Waals surface area contributed by atoms with Gasteiger partial charge in [0.2, 0.25) is 0 Å². The molecule has 1 fully saturated rings. The molecule has 0 aromatic carbocycles. The van der Waals surface area contributed by atoms with E-state index in [1.807, 2.05) is 13.8 Å². The Morgan fingerprint density at radius 2 is 1.95 bits per heavy atom. The predicted molar refractivity (Wildman–Crippen MR) is 86.8 cm³/mol. The van der Waals surface area contributed by atoms with Crippen molar-refractivity contribution in [2.75, 3.05) is 25.4 Å². The van der Waals surface area contributed by atoms with Crippen molar-refractivity contribution in [3.63, 3.8) is 0 Å². The van der Waals surface area contributed by atoms with Gasteiger partial charge in [-0.3, -0.25) is 0 Å². The lowest BCUT2D eigenvalue weighted by Gasteiger charge is -2.38. The van der Waals surface area contributed by atoms with E-state index in [0.717, 1.165) is 19.4 Å². The van der Waals surface area contributed by atoms with Crippen molar-refractivity contribution in [3.05, 3.63) is 11.6 Å². The minimum Gasteiger partial charge on any atom is -0.301 e. The second kappa shape index (κ2) is 7.08. The van der Waals surface area contributed by atoms with Crippen molar-refractivity contribution in [2.45, 2.75) is 58.6 Å². The highest BCUT2D eigenvalue weighted by Gasteiger charge is 2.39. The zero-order valence-corrected chi connectivity index (χ0v) is 14.6. The molecule has 1 aliphatic heterocycles. The van der Waals surface area contributed by atoms with Gasteiger partial charge in [0.05, 0.1) is 10.5 Å². The summed E-state index contributed by atoms with van der Waals surface area (Å²) in [7, 11) is -2.91. The van der Waals surface area contributed by atoms with Crippen LogP contribution in [0, 0.1) is 5.92 Å². The fraction of sp³-hybridized carbons (Fsp3) is 0.875.